The lowest BCUT2D eigenvalue weighted by Crippen LogP contribution is -2.07. The molecule has 6 heteroatoms. The monoisotopic (exact) mass is 467 g/mol. The molecule has 1 heterocycles. The average Bonchev–Trinajstić information content (AvgIpc) is 3.14. The number of hydrogen-bond donors (Lipinski definition) is 1. The molecule has 154 valence electrons. The molecule has 30 heavy (non-hydrogen) atoms. The zero-order valence-corrected chi connectivity index (χ0v) is 19.1. The number of fused-ring (bicyclic) bond motifs is 3. The predicted molar refractivity (Wildman–Crippen MR) is 123 cm³/mol. The molecule has 0 radical (unpaired) electrons. The van der Waals surface area contributed by atoms with E-state index in [9.17, 15) is 4.79 Å². The molecule has 0 unspecified atom stereocenters. The van der Waals surface area contributed by atoms with Crippen molar-refractivity contribution < 1.29 is 19.0 Å². The Kier molecular flexibility index (Phi) is 5.20. The van der Waals surface area contributed by atoms with Crippen molar-refractivity contribution in [2.45, 2.75) is 13.8 Å². The van der Waals surface area contributed by atoms with Crippen LogP contribution in [0.2, 0.25) is 0 Å². The van der Waals surface area contributed by atoms with Gasteiger partial charge in [0.2, 0.25) is 5.75 Å². The molecule has 0 fully saturated rings. The van der Waals surface area contributed by atoms with Gasteiger partial charge in [-0.05, 0) is 61.4 Å². The normalized spacial score (nSPS) is 11.1. The van der Waals surface area contributed by atoms with E-state index in [1.165, 1.54) is 14.2 Å². The SMILES string of the molecule is COc1cc(C(=O)c2cc(C)c3[nH]c4ccc(Br)cc4c3c2C)cc(OC)c1OC. The number of carbonyl (C=O) groups is 1. The Balaban J connectivity index is 1.96. The molecule has 4 rings (SSSR count). The molecular formula is C24H22BrNO4. The van der Waals surface area contributed by atoms with Crippen LogP contribution in [-0.4, -0.2) is 32.1 Å². The van der Waals surface area contributed by atoms with Crippen LogP contribution in [0.5, 0.6) is 17.2 Å². The molecule has 5 nitrogen and oxygen atoms in total. The van der Waals surface area contributed by atoms with Gasteiger partial charge in [-0.15, -0.1) is 0 Å². The van der Waals surface area contributed by atoms with Gasteiger partial charge in [0.05, 0.1) is 21.3 Å². The first-order chi connectivity index (χ1) is 14.4. The van der Waals surface area contributed by atoms with Gasteiger partial charge in [-0.3, -0.25) is 4.79 Å². The highest BCUT2D eigenvalue weighted by molar-refractivity contribution is 9.10. The standard InChI is InChI=1S/C24H22BrNO4/c1-12-8-16(13(2)21-17-11-15(25)6-7-18(17)26-22(12)21)23(27)14-9-19(28-3)24(30-5)20(10-14)29-4/h6-11,26H,1-5H3. The molecule has 3 aromatic carbocycles. The molecule has 0 bridgehead atoms. The maximum atomic E-state index is 13.6. The summed E-state index contributed by atoms with van der Waals surface area (Å²) in [5, 5.41) is 2.14. The van der Waals surface area contributed by atoms with Crippen molar-refractivity contribution in [3.05, 3.63) is 63.1 Å². The van der Waals surface area contributed by atoms with E-state index in [1.54, 1.807) is 19.2 Å². The number of carbonyl (C=O) groups excluding carboxylic acids is 1. The summed E-state index contributed by atoms with van der Waals surface area (Å²) < 4.78 is 17.2. The number of methoxy groups -OCH3 is 3. The van der Waals surface area contributed by atoms with Crippen molar-refractivity contribution in [3.63, 3.8) is 0 Å². The minimum Gasteiger partial charge on any atom is -0.493 e. The molecule has 0 aliphatic rings. The van der Waals surface area contributed by atoms with Gasteiger partial charge in [-0.25, -0.2) is 0 Å². The summed E-state index contributed by atoms with van der Waals surface area (Å²) in [5.41, 5.74) is 5.15. The summed E-state index contributed by atoms with van der Waals surface area (Å²) in [6.07, 6.45) is 0. The van der Waals surface area contributed by atoms with Crippen LogP contribution in [0, 0.1) is 13.8 Å². The molecule has 0 aliphatic carbocycles. The number of aromatic amines is 1. The number of halogens is 1. The van der Waals surface area contributed by atoms with Gasteiger partial charge >= 0.3 is 0 Å². The van der Waals surface area contributed by atoms with Crippen LogP contribution in [0.1, 0.15) is 27.0 Å². The first kappa shape index (κ1) is 20.3. The molecule has 0 aliphatic heterocycles. The van der Waals surface area contributed by atoms with E-state index in [2.05, 4.69) is 27.0 Å². The Labute approximate surface area is 183 Å². The Morgan fingerprint density at radius 3 is 2.20 bits per heavy atom. The minimum absolute atomic E-state index is 0.0962. The summed E-state index contributed by atoms with van der Waals surface area (Å²) in [6.45, 7) is 4.00. The van der Waals surface area contributed by atoms with Crippen LogP contribution in [0.15, 0.2) is 40.9 Å². The number of aryl methyl sites for hydroxylation is 2. The summed E-state index contributed by atoms with van der Waals surface area (Å²) in [6, 6.07) is 11.4. The number of benzene rings is 3. The van der Waals surface area contributed by atoms with E-state index < -0.39 is 0 Å². The van der Waals surface area contributed by atoms with Crippen LogP contribution in [0.4, 0.5) is 0 Å². The van der Waals surface area contributed by atoms with Crippen LogP contribution in [0.25, 0.3) is 21.8 Å². The van der Waals surface area contributed by atoms with Crippen molar-refractivity contribution in [1.29, 1.82) is 0 Å². The van der Waals surface area contributed by atoms with Gasteiger partial charge in [-0.1, -0.05) is 15.9 Å². The van der Waals surface area contributed by atoms with Gasteiger partial charge in [0, 0.05) is 37.4 Å². The smallest absolute Gasteiger partial charge is 0.203 e. The van der Waals surface area contributed by atoms with E-state index in [0.717, 1.165) is 37.4 Å². The molecule has 0 amide bonds. The van der Waals surface area contributed by atoms with Crippen molar-refractivity contribution in [2.24, 2.45) is 0 Å². The number of ether oxygens (including phenoxy) is 3. The third kappa shape index (κ3) is 3.12. The predicted octanol–water partition coefficient (Wildman–Crippen LogP) is 5.96. The Hall–Kier alpha value is -2.99. The highest BCUT2D eigenvalue weighted by Crippen LogP contribution is 2.40. The third-order valence-electron chi connectivity index (χ3n) is 5.47. The Morgan fingerprint density at radius 2 is 1.60 bits per heavy atom. The van der Waals surface area contributed by atoms with E-state index in [0.29, 0.717) is 28.4 Å². The minimum atomic E-state index is -0.0962. The molecule has 0 saturated carbocycles. The molecule has 0 spiro atoms. The van der Waals surface area contributed by atoms with Gasteiger partial charge in [-0.2, -0.15) is 0 Å². The second-order valence-electron chi connectivity index (χ2n) is 7.17. The fourth-order valence-electron chi connectivity index (χ4n) is 3.98. The molecular weight excluding hydrogens is 446 g/mol. The fraction of sp³-hybridized carbons (Fsp3) is 0.208. The second-order valence-corrected chi connectivity index (χ2v) is 8.09. The van der Waals surface area contributed by atoms with Crippen molar-refractivity contribution in [2.75, 3.05) is 21.3 Å². The summed E-state index contributed by atoms with van der Waals surface area (Å²) in [5.74, 6) is 1.26. The first-order valence-corrected chi connectivity index (χ1v) is 10.2. The Morgan fingerprint density at radius 1 is 0.933 bits per heavy atom. The van der Waals surface area contributed by atoms with Crippen LogP contribution in [0.3, 0.4) is 0 Å². The van der Waals surface area contributed by atoms with Gasteiger partial charge in [0.15, 0.2) is 17.3 Å². The fourth-order valence-corrected chi connectivity index (χ4v) is 4.35. The second kappa shape index (κ2) is 7.69. The first-order valence-electron chi connectivity index (χ1n) is 9.45. The number of hydrogen-bond acceptors (Lipinski definition) is 4. The zero-order valence-electron chi connectivity index (χ0n) is 17.5. The highest BCUT2D eigenvalue weighted by atomic mass is 79.9. The summed E-state index contributed by atoms with van der Waals surface area (Å²) in [7, 11) is 4.62. The van der Waals surface area contributed by atoms with E-state index in [1.807, 2.05) is 32.0 Å². The molecule has 4 aromatic rings. The van der Waals surface area contributed by atoms with Crippen molar-refractivity contribution in [1.82, 2.24) is 4.98 Å². The van der Waals surface area contributed by atoms with Gasteiger partial charge in [0.1, 0.15) is 0 Å². The Bertz CT molecular complexity index is 1280. The van der Waals surface area contributed by atoms with Crippen LogP contribution in [-0.2, 0) is 0 Å². The molecule has 0 atom stereocenters. The van der Waals surface area contributed by atoms with E-state index >= 15 is 0 Å². The van der Waals surface area contributed by atoms with E-state index in [-0.39, 0.29) is 5.78 Å². The maximum absolute atomic E-state index is 13.6. The van der Waals surface area contributed by atoms with Crippen molar-refractivity contribution in [3.8, 4) is 17.2 Å². The number of aromatic nitrogens is 1. The average molecular weight is 468 g/mol. The number of ketones is 1. The van der Waals surface area contributed by atoms with Crippen LogP contribution < -0.4 is 14.2 Å². The van der Waals surface area contributed by atoms with Crippen molar-refractivity contribution >= 4 is 43.5 Å². The van der Waals surface area contributed by atoms with Gasteiger partial charge in [0.25, 0.3) is 0 Å². The lowest BCUT2D eigenvalue weighted by molar-refractivity contribution is 0.103. The topological polar surface area (TPSA) is 60.6 Å². The van der Waals surface area contributed by atoms with E-state index in [4.69, 9.17) is 14.2 Å². The largest absolute Gasteiger partial charge is 0.493 e. The highest BCUT2D eigenvalue weighted by Gasteiger charge is 2.22. The molecule has 1 N–H and O–H groups in total. The lowest BCUT2D eigenvalue weighted by Gasteiger charge is -2.15. The number of nitrogens with one attached hydrogen (secondary N) is 1. The molecule has 1 aromatic heterocycles. The molecule has 0 saturated heterocycles. The zero-order chi connectivity index (χ0) is 21.6. The lowest BCUT2D eigenvalue weighted by atomic mass is 9.93. The quantitative estimate of drug-likeness (QED) is 0.368. The third-order valence-corrected chi connectivity index (χ3v) is 5.96. The van der Waals surface area contributed by atoms with Crippen LogP contribution >= 0.6 is 15.9 Å². The number of rotatable bonds is 5. The maximum Gasteiger partial charge on any atom is 0.203 e. The summed E-state index contributed by atoms with van der Waals surface area (Å²) in [4.78, 5) is 17.0. The number of H-pyrrole nitrogens is 1. The van der Waals surface area contributed by atoms with Gasteiger partial charge < -0.3 is 19.2 Å². The summed E-state index contributed by atoms with van der Waals surface area (Å²) >= 11 is 3.55.